The Morgan fingerprint density at radius 3 is 2.41 bits per heavy atom. The zero-order valence-electron chi connectivity index (χ0n) is 9.83. The number of hydrogen-bond donors (Lipinski definition) is 1. The van der Waals surface area contributed by atoms with Gasteiger partial charge in [-0.3, -0.25) is 0 Å². The normalized spacial score (nSPS) is 19.9. The first-order valence-corrected chi connectivity index (χ1v) is 7.11. The van der Waals surface area contributed by atoms with E-state index in [2.05, 4.69) is 15.9 Å². The summed E-state index contributed by atoms with van der Waals surface area (Å²) in [5, 5.41) is 10.3. The molecule has 0 heterocycles. The molecule has 1 aromatic carbocycles. The number of hydrogen-bond acceptors (Lipinski definition) is 1. The molecule has 1 nitrogen and oxygen atoms in total. The molecule has 0 radical (unpaired) electrons. The van der Waals surface area contributed by atoms with E-state index in [1.54, 1.807) is 6.07 Å². The Bertz CT molecular complexity index is 372. The van der Waals surface area contributed by atoms with Gasteiger partial charge in [0.25, 0.3) is 0 Å². The van der Waals surface area contributed by atoms with Crippen LogP contribution in [0.1, 0.15) is 50.2 Å². The Kier molecular flexibility index (Phi) is 4.57. The van der Waals surface area contributed by atoms with E-state index in [0.717, 1.165) is 12.8 Å². The molecule has 1 fully saturated rings. The maximum atomic E-state index is 13.4. The van der Waals surface area contributed by atoms with Gasteiger partial charge in [0, 0.05) is 0 Å². The topological polar surface area (TPSA) is 20.2 Å². The highest BCUT2D eigenvalue weighted by atomic mass is 79.9. The first kappa shape index (κ1) is 13.0. The third kappa shape index (κ3) is 3.29. The van der Waals surface area contributed by atoms with Gasteiger partial charge in [-0.25, -0.2) is 4.39 Å². The third-order valence-corrected chi connectivity index (χ3v) is 4.27. The van der Waals surface area contributed by atoms with Gasteiger partial charge in [-0.1, -0.05) is 31.7 Å². The van der Waals surface area contributed by atoms with Crippen molar-refractivity contribution in [2.45, 2.75) is 44.6 Å². The van der Waals surface area contributed by atoms with E-state index in [-0.39, 0.29) is 11.7 Å². The van der Waals surface area contributed by atoms with Crippen molar-refractivity contribution in [1.82, 2.24) is 0 Å². The fraction of sp³-hybridized carbons (Fsp3) is 0.571. The fourth-order valence-electron chi connectivity index (χ4n) is 2.60. The van der Waals surface area contributed by atoms with Crippen molar-refractivity contribution in [1.29, 1.82) is 0 Å². The second-order valence-electron chi connectivity index (χ2n) is 4.87. The molecule has 0 saturated heterocycles. The van der Waals surface area contributed by atoms with E-state index in [4.69, 9.17) is 0 Å². The Hall–Kier alpha value is -0.410. The summed E-state index contributed by atoms with van der Waals surface area (Å²) in [6.07, 6.45) is 6.48. The van der Waals surface area contributed by atoms with E-state index in [1.165, 1.54) is 31.7 Å². The number of aliphatic hydroxyl groups excluding tert-OH is 1. The largest absolute Gasteiger partial charge is 0.388 e. The van der Waals surface area contributed by atoms with Gasteiger partial charge in [0.15, 0.2) is 0 Å². The van der Waals surface area contributed by atoms with Gasteiger partial charge in [0.05, 0.1) is 10.6 Å². The molecule has 0 aromatic heterocycles. The van der Waals surface area contributed by atoms with Crippen molar-refractivity contribution in [3.8, 4) is 0 Å². The molecule has 0 bridgehead atoms. The lowest BCUT2D eigenvalue weighted by Crippen LogP contribution is -2.12. The van der Waals surface area contributed by atoms with E-state index in [9.17, 15) is 9.50 Å². The van der Waals surface area contributed by atoms with Crippen LogP contribution in [0, 0.1) is 11.7 Å². The van der Waals surface area contributed by atoms with Crippen LogP contribution in [0.15, 0.2) is 22.7 Å². The first-order valence-electron chi connectivity index (χ1n) is 6.31. The molecular weight excluding hydrogens is 283 g/mol. The zero-order chi connectivity index (χ0) is 12.3. The summed E-state index contributed by atoms with van der Waals surface area (Å²) < 4.78 is 13.9. The Morgan fingerprint density at radius 1 is 1.18 bits per heavy atom. The molecule has 1 N–H and O–H groups in total. The zero-order valence-corrected chi connectivity index (χ0v) is 11.4. The molecule has 2 rings (SSSR count). The summed E-state index contributed by atoms with van der Waals surface area (Å²) in [5.74, 6) is -0.00625. The molecule has 1 aromatic rings. The molecule has 3 heteroatoms. The van der Waals surface area contributed by atoms with Gasteiger partial charge in [0.1, 0.15) is 5.82 Å². The molecule has 0 spiro atoms. The molecular formula is C14H18BrFO. The molecule has 17 heavy (non-hydrogen) atoms. The molecule has 1 atom stereocenters. The summed E-state index contributed by atoms with van der Waals surface area (Å²) in [7, 11) is 0. The predicted octanol–water partition coefficient (Wildman–Crippen LogP) is 4.59. The lowest BCUT2D eigenvalue weighted by molar-refractivity contribution is 0.0985. The van der Waals surface area contributed by atoms with Crippen molar-refractivity contribution >= 4 is 15.9 Å². The summed E-state index contributed by atoms with van der Waals surface area (Å²) in [5.41, 5.74) is 0.706. The van der Waals surface area contributed by atoms with Gasteiger partial charge in [-0.15, -0.1) is 0 Å². The van der Waals surface area contributed by atoms with Crippen molar-refractivity contribution in [3.05, 3.63) is 34.1 Å². The van der Waals surface area contributed by atoms with Crippen LogP contribution in [0.2, 0.25) is 0 Å². The van der Waals surface area contributed by atoms with E-state index in [1.807, 2.05) is 6.07 Å². The number of halogens is 2. The van der Waals surface area contributed by atoms with E-state index in [0.29, 0.717) is 10.0 Å². The molecule has 94 valence electrons. The number of rotatable bonds is 2. The fourth-order valence-corrected chi connectivity index (χ4v) is 2.84. The van der Waals surface area contributed by atoms with Gasteiger partial charge in [-0.05, 0) is 52.4 Å². The molecule has 0 amide bonds. The van der Waals surface area contributed by atoms with E-state index < -0.39 is 6.10 Å². The molecule has 1 aliphatic rings. The van der Waals surface area contributed by atoms with Gasteiger partial charge >= 0.3 is 0 Å². The summed E-state index contributed by atoms with van der Waals surface area (Å²) >= 11 is 3.13. The monoisotopic (exact) mass is 300 g/mol. The van der Waals surface area contributed by atoms with Crippen LogP contribution in [0.5, 0.6) is 0 Å². The minimum absolute atomic E-state index is 0.290. The van der Waals surface area contributed by atoms with Crippen LogP contribution in [0.4, 0.5) is 4.39 Å². The molecule has 1 unspecified atom stereocenters. The van der Waals surface area contributed by atoms with Crippen LogP contribution in [-0.4, -0.2) is 5.11 Å². The second kappa shape index (κ2) is 5.96. The lowest BCUT2D eigenvalue weighted by Gasteiger charge is -2.21. The minimum Gasteiger partial charge on any atom is -0.388 e. The van der Waals surface area contributed by atoms with Crippen LogP contribution < -0.4 is 0 Å². The van der Waals surface area contributed by atoms with Gasteiger partial charge in [0.2, 0.25) is 0 Å². The maximum Gasteiger partial charge on any atom is 0.137 e. The highest BCUT2D eigenvalue weighted by molar-refractivity contribution is 9.10. The lowest BCUT2D eigenvalue weighted by atomic mass is 9.89. The third-order valence-electron chi connectivity index (χ3n) is 3.63. The van der Waals surface area contributed by atoms with E-state index >= 15 is 0 Å². The summed E-state index contributed by atoms with van der Waals surface area (Å²) in [6.45, 7) is 0. The Morgan fingerprint density at radius 2 is 1.82 bits per heavy atom. The number of benzene rings is 1. The van der Waals surface area contributed by atoms with Crippen LogP contribution >= 0.6 is 15.9 Å². The highest BCUT2D eigenvalue weighted by Gasteiger charge is 2.22. The van der Waals surface area contributed by atoms with Gasteiger partial charge < -0.3 is 5.11 Å². The highest BCUT2D eigenvalue weighted by Crippen LogP contribution is 2.34. The standard InChI is InChI=1S/C14H18BrFO/c15-12-8-7-11(9-13(12)16)14(17)10-5-3-1-2-4-6-10/h7-10,14,17H,1-6H2. The first-order chi connectivity index (χ1) is 8.18. The van der Waals surface area contributed by atoms with Crippen molar-refractivity contribution in [2.24, 2.45) is 5.92 Å². The molecule has 1 saturated carbocycles. The number of aliphatic hydroxyl groups is 1. The SMILES string of the molecule is OC(c1ccc(Br)c(F)c1)C1CCCCCC1. The second-order valence-corrected chi connectivity index (χ2v) is 5.72. The maximum absolute atomic E-state index is 13.4. The summed E-state index contributed by atoms with van der Waals surface area (Å²) in [4.78, 5) is 0. The van der Waals surface area contributed by atoms with Crippen LogP contribution in [0.3, 0.4) is 0 Å². The Labute approximate surface area is 110 Å². The molecule has 0 aliphatic heterocycles. The smallest absolute Gasteiger partial charge is 0.137 e. The van der Waals surface area contributed by atoms with Crippen molar-refractivity contribution in [2.75, 3.05) is 0 Å². The van der Waals surface area contributed by atoms with Gasteiger partial charge in [-0.2, -0.15) is 0 Å². The van der Waals surface area contributed by atoms with Crippen molar-refractivity contribution < 1.29 is 9.50 Å². The molecule has 1 aliphatic carbocycles. The summed E-state index contributed by atoms with van der Waals surface area (Å²) in [6, 6.07) is 4.92. The van der Waals surface area contributed by atoms with Crippen LogP contribution in [-0.2, 0) is 0 Å². The predicted molar refractivity (Wildman–Crippen MR) is 70.3 cm³/mol. The minimum atomic E-state index is -0.518. The quantitative estimate of drug-likeness (QED) is 0.792. The van der Waals surface area contributed by atoms with Crippen LogP contribution in [0.25, 0.3) is 0 Å². The Balaban J connectivity index is 2.11. The average molecular weight is 301 g/mol. The van der Waals surface area contributed by atoms with Crippen molar-refractivity contribution in [3.63, 3.8) is 0 Å². The average Bonchev–Trinajstić information content (AvgIpc) is 2.60.